The van der Waals surface area contributed by atoms with Crippen molar-refractivity contribution >= 4 is 27.1 Å². The minimum absolute atomic E-state index is 0.0934. The van der Waals surface area contributed by atoms with Crippen molar-refractivity contribution in [3.8, 4) is 22.3 Å². The second-order valence-electron chi connectivity index (χ2n) is 14.2. The van der Waals surface area contributed by atoms with Crippen LogP contribution in [-0.4, -0.2) is 0 Å². The first kappa shape index (κ1) is 36.3. The van der Waals surface area contributed by atoms with Gasteiger partial charge < -0.3 is 0 Å². The molecule has 0 atom stereocenters. The van der Waals surface area contributed by atoms with Crippen LogP contribution < -0.4 is 0 Å². The van der Waals surface area contributed by atoms with E-state index in [-0.39, 0.29) is 5.41 Å². The Balaban J connectivity index is 0.000000145. The van der Waals surface area contributed by atoms with Crippen LogP contribution in [0, 0.1) is 13.8 Å². The highest BCUT2D eigenvalue weighted by Gasteiger charge is 2.35. The molecule has 260 valence electrons. The molecule has 2 aliphatic rings. The van der Waals surface area contributed by atoms with Gasteiger partial charge in [0.2, 0.25) is 0 Å². The molecule has 7 aromatic carbocycles. The molecule has 0 aromatic heterocycles. The molecule has 0 nitrogen and oxygen atoms in total. The minimum atomic E-state index is 0.0934. The number of hydrogen-bond donors (Lipinski definition) is 0. The summed E-state index contributed by atoms with van der Waals surface area (Å²) in [4.78, 5) is 0. The van der Waals surface area contributed by atoms with Gasteiger partial charge in [-0.15, -0.1) is 0 Å². The van der Waals surface area contributed by atoms with Crippen LogP contribution in [0.5, 0.6) is 0 Å². The first-order chi connectivity index (χ1) is 25.3. The molecule has 7 aromatic rings. The fourth-order valence-electron chi connectivity index (χ4n) is 7.71. The molecule has 0 spiro atoms. The molecule has 0 fully saturated rings. The molecule has 0 amide bonds. The summed E-state index contributed by atoms with van der Waals surface area (Å²) in [5, 5.41) is 5.40. The summed E-state index contributed by atoms with van der Waals surface area (Å²) in [6.45, 7) is 15.1. The Bertz CT molecular complexity index is 2360. The Labute approximate surface area is 312 Å². The highest BCUT2D eigenvalue weighted by molar-refractivity contribution is 6.10. The van der Waals surface area contributed by atoms with Gasteiger partial charge in [0.1, 0.15) is 0 Å². The van der Waals surface area contributed by atoms with Gasteiger partial charge in [-0.1, -0.05) is 197 Å². The number of rotatable bonds is 2. The van der Waals surface area contributed by atoms with E-state index < -0.39 is 0 Å². The molecule has 2 aliphatic carbocycles. The van der Waals surface area contributed by atoms with Gasteiger partial charge in [-0.2, -0.15) is 0 Å². The zero-order valence-electron chi connectivity index (χ0n) is 32.0. The molecule has 0 heterocycles. The zero-order chi connectivity index (χ0) is 36.7. The van der Waals surface area contributed by atoms with Crippen molar-refractivity contribution in [2.24, 2.45) is 0 Å². The lowest BCUT2D eigenvalue weighted by molar-refractivity contribution is 0.660. The first-order valence-electron chi connectivity index (χ1n) is 18.9. The third kappa shape index (κ3) is 7.58. The van der Waals surface area contributed by atoms with Crippen LogP contribution in [0.3, 0.4) is 0 Å². The summed E-state index contributed by atoms with van der Waals surface area (Å²) in [5.74, 6) is 0. The summed E-state index contributed by atoms with van der Waals surface area (Å²) in [6.07, 6.45) is 6.96. The summed E-state index contributed by atoms with van der Waals surface area (Å²) >= 11 is 0. The van der Waals surface area contributed by atoms with E-state index in [4.69, 9.17) is 0 Å². The van der Waals surface area contributed by atoms with E-state index in [0.717, 1.165) is 12.8 Å². The third-order valence-electron chi connectivity index (χ3n) is 10.4. The predicted molar refractivity (Wildman–Crippen MR) is 229 cm³/mol. The van der Waals surface area contributed by atoms with Crippen molar-refractivity contribution in [2.45, 2.75) is 66.7 Å². The molecule has 0 saturated carbocycles. The lowest BCUT2D eigenvalue weighted by Crippen LogP contribution is -2.14. The van der Waals surface area contributed by atoms with Crippen LogP contribution in [0.25, 0.3) is 49.4 Å². The maximum absolute atomic E-state index is 2.37. The summed E-state index contributed by atoms with van der Waals surface area (Å²) in [5.41, 5.74) is 15.3. The van der Waals surface area contributed by atoms with Gasteiger partial charge in [0.05, 0.1) is 0 Å². The molecule has 0 radical (unpaired) electrons. The molecule has 0 N–H and O–H groups in total. The van der Waals surface area contributed by atoms with Crippen molar-refractivity contribution in [1.82, 2.24) is 0 Å². The van der Waals surface area contributed by atoms with Crippen LogP contribution in [0.15, 0.2) is 169 Å². The van der Waals surface area contributed by atoms with Crippen LogP contribution in [0.1, 0.15) is 75.3 Å². The standard InChI is InChI=1S/C22H20.C21H18.C7H8.C2H6/c1-15-8-4-5-9-17(15)16-12-13-21-19(14-16)18-10-6-7-11-20(18)22(21,2)3;1-15-6-4-8-17(14-15)19-10-5-11-20-18-9-3-2-7-16(18)12-13-21(19)20;1-7-5-3-2-4-6-7;1-2/h4-14H,1-3H3;2-3,5-7,9-14H,4,8H2,1H3;2-6H,1H3;1-2H3. The predicted octanol–water partition coefficient (Wildman–Crippen LogP) is 15.1. The van der Waals surface area contributed by atoms with Crippen molar-refractivity contribution in [3.63, 3.8) is 0 Å². The largest absolute Gasteiger partial charge is 0.0813 e. The first-order valence-corrected chi connectivity index (χ1v) is 18.9. The molecule has 0 bridgehead atoms. The van der Waals surface area contributed by atoms with E-state index in [1.54, 1.807) is 0 Å². The van der Waals surface area contributed by atoms with Crippen molar-refractivity contribution < 1.29 is 0 Å². The minimum Gasteiger partial charge on any atom is -0.0813 e. The van der Waals surface area contributed by atoms with Gasteiger partial charge >= 0.3 is 0 Å². The van der Waals surface area contributed by atoms with Crippen molar-refractivity contribution in [1.29, 1.82) is 0 Å². The Morgan fingerprint density at radius 2 is 1.12 bits per heavy atom. The average molecular weight is 677 g/mol. The maximum Gasteiger partial charge on any atom is 0.0158 e. The fraction of sp³-hybridized carbons (Fsp3) is 0.192. The third-order valence-corrected chi connectivity index (χ3v) is 10.4. The SMILES string of the molecule is CC.CC1=CCCC(c2cccc3c2ccc2ccccc23)=C1.Cc1ccccc1.Cc1ccccc1-c1ccc2c(c1)-c1ccccc1C2(C)C. The van der Waals surface area contributed by atoms with Gasteiger partial charge in [-0.25, -0.2) is 0 Å². The van der Waals surface area contributed by atoms with E-state index >= 15 is 0 Å². The molecular formula is C52H52. The lowest BCUT2D eigenvalue weighted by atomic mass is 9.82. The quantitative estimate of drug-likeness (QED) is 0.160. The molecular weight excluding hydrogens is 625 g/mol. The number of allylic oxidation sites excluding steroid dienone is 4. The second kappa shape index (κ2) is 16.3. The number of fused-ring (bicyclic) bond motifs is 6. The van der Waals surface area contributed by atoms with E-state index in [9.17, 15) is 0 Å². The Morgan fingerprint density at radius 1 is 0.481 bits per heavy atom. The Kier molecular flexibility index (Phi) is 11.4. The van der Waals surface area contributed by atoms with Crippen molar-refractivity contribution in [2.75, 3.05) is 0 Å². The van der Waals surface area contributed by atoms with Crippen LogP contribution in [-0.2, 0) is 5.41 Å². The maximum atomic E-state index is 2.37. The topological polar surface area (TPSA) is 0 Å². The second-order valence-corrected chi connectivity index (χ2v) is 14.2. The molecule has 0 aliphatic heterocycles. The number of aryl methyl sites for hydroxylation is 2. The monoisotopic (exact) mass is 676 g/mol. The molecule has 0 saturated heterocycles. The van der Waals surface area contributed by atoms with Crippen LogP contribution >= 0.6 is 0 Å². The summed E-state index contributed by atoms with van der Waals surface area (Å²) in [7, 11) is 0. The van der Waals surface area contributed by atoms with Crippen molar-refractivity contribution in [3.05, 3.63) is 197 Å². The van der Waals surface area contributed by atoms with E-state index in [2.05, 4.69) is 180 Å². The normalized spacial score (nSPS) is 13.5. The van der Waals surface area contributed by atoms with Gasteiger partial charge in [-0.3, -0.25) is 0 Å². The van der Waals surface area contributed by atoms with Gasteiger partial charge in [-0.05, 0) is 111 Å². The summed E-state index contributed by atoms with van der Waals surface area (Å²) in [6, 6.07) is 54.5. The van der Waals surface area contributed by atoms with Gasteiger partial charge in [0.15, 0.2) is 0 Å². The Hall–Kier alpha value is -5.46. The average Bonchev–Trinajstić information content (AvgIpc) is 3.42. The molecule has 52 heavy (non-hydrogen) atoms. The van der Waals surface area contributed by atoms with Gasteiger partial charge in [0.25, 0.3) is 0 Å². The molecule has 9 rings (SSSR count). The van der Waals surface area contributed by atoms with E-state index in [1.807, 2.05) is 32.0 Å². The van der Waals surface area contributed by atoms with E-state index in [1.165, 1.54) is 82.8 Å². The van der Waals surface area contributed by atoms with Crippen LogP contribution in [0.2, 0.25) is 0 Å². The van der Waals surface area contributed by atoms with E-state index in [0.29, 0.717) is 0 Å². The number of benzene rings is 7. The Morgan fingerprint density at radius 3 is 1.85 bits per heavy atom. The smallest absolute Gasteiger partial charge is 0.0158 e. The summed E-state index contributed by atoms with van der Waals surface area (Å²) < 4.78 is 0. The molecule has 0 heteroatoms. The lowest BCUT2D eigenvalue weighted by Gasteiger charge is -2.21. The fourth-order valence-corrected chi connectivity index (χ4v) is 7.71. The van der Waals surface area contributed by atoms with Crippen LogP contribution in [0.4, 0.5) is 0 Å². The number of hydrogen-bond acceptors (Lipinski definition) is 0. The zero-order valence-corrected chi connectivity index (χ0v) is 32.0. The van der Waals surface area contributed by atoms with Gasteiger partial charge in [0, 0.05) is 5.41 Å². The highest BCUT2D eigenvalue weighted by Crippen LogP contribution is 2.49. The highest BCUT2D eigenvalue weighted by atomic mass is 14.4. The molecule has 0 unspecified atom stereocenters.